The predicted octanol–water partition coefficient (Wildman–Crippen LogP) is 1.98. The molecule has 23 heavy (non-hydrogen) atoms. The van der Waals surface area contributed by atoms with Crippen LogP contribution in [-0.4, -0.2) is 38.4 Å². The van der Waals surface area contributed by atoms with Gasteiger partial charge in [-0.25, -0.2) is 8.42 Å². The average Bonchev–Trinajstić information content (AvgIpc) is 2.45. The SMILES string of the molecule is CC1CNCCN1S(=O)(=O)c1ccc(C(F)(F)F)c(C#N)c1.Cl. The van der Waals surface area contributed by atoms with Crippen LogP contribution in [0.4, 0.5) is 13.2 Å². The molecule has 0 aliphatic carbocycles. The summed E-state index contributed by atoms with van der Waals surface area (Å²) in [5.74, 6) is 0. The maximum absolute atomic E-state index is 12.8. The van der Waals surface area contributed by atoms with E-state index < -0.39 is 27.3 Å². The molecule has 0 bridgehead atoms. The van der Waals surface area contributed by atoms with Crippen molar-refractivity contribution in [2.24, 2.45) is 0 Å². The Morgan fingerprint density at radius 1 is 1.39 bits per heavy atom. The van der Waals surface area contributed by atoms with E-state index in [1.807, 2.05) is 0 Å². The Kier molecular flexibility index (Phi) is 6.04. The van der Waals surface area contributed by atoms with Gasteiger partial charge >= 0.3 is 6.18 Å². The lowest BCUT2D eigenvalue weighted by molar-refractivity contribution is -0.137. The molecule has 1 aliphatic rings. The fourth-order valence-corrected chi connectivity index (χ4v) is 4.00. The number of halogens is 4. The summed E-state index contributed by atoms with van der Waals surface area (Å²) in [6.45, 7) is 2.87. The van der Waals surface area contributed by atoms with E-state index >= 15 is 0 Å². The van der Waals surface area contributed by atoms with Crippen LogP contribution in [0.15, 0.2) is 23.1 Å². The number of hydrogen-bond acceptors (Lipinski definition) is 4. The van der Waals surface area contributed by atoms with Crippen LogP contribution < -0.4 is 5.32 Å². The zero-order chi connectivity index (χ0) is 16.5. The predicted molar refractivity (Wildman–Crippen MR) is 79.6 cm³/mol. The molecule has 1 unspecified atom stereocenters. The van der Waals surface area contributed by atoms with Gasteiger partial charge in [-0.2, -0.15) is 22.7 Å². The highest BCUT2D eigenvalue weighted by atomic mass is 35.5. The Morgan fingerprint density at radius 3 is 2.57 bits per heavy atom. The van der Waals surface area contributed by atoms with Crippen LogP contribution >= 0.6 is 12.4 Å². The molecular formula is C13H15ClF3N3O2S. The number of nitrogens with zero attached hydrogens (tertiary/aromatic N) is 2. The van der Waals surface area contributed by atoms with Gasteiger partial charge in [0, 0.05) is 25.7 Å². The van der Waals surface area contributed by atoms with E-state index in [0.717, 1.165) is 12.1 Å². The molecule has 1 aromatic rings. The van der Waals surface area contributed by atoms with E-state index in [1.54, 1.807) is 6.92 Å². The molecule has 0 radical (unpaired) electrons. The number of hydrogen-bond donors (Lipinski definition) is 1. The maximum atomic E-state index is 12.8. The number of benzene rings is 1. The van der Waals surface area contributed by atoms with Gasteiger partial charge in [0.1, 0.15) is 0 Å². The molecular weight excluding hydrogens is 355 g/mol. The van der Waals surface area contributed by atoms with Gasteiger partial charge in [-0.3, -0.25) is 0 Å². The van der Waals surface area contributed by atoms with E-state index in [9.17, 15) is 21.6 Å². The molecule has 2 rings (SSSR count). The van der Waals surface area contributed by atoms with Crippen LogP contribution in [0.25, 0.3) is 0 Å². The zero-order valence-corrected chi connectivity index (χ0v) is 13.7. The van der Waals surface area contributed by atoms with Gasteiger partial charge in [0.25, 0.3) is 0 Å². The second-order valence-electron chi connectivity index (χ2n) is 4.99. The molecule has 1 N–H and O–H groups in total. The highest BCUT2D eigenvalue weighted by Crippen LogP contribution is 2.33. The van der Waals surface area contributed by atoms with Gasteiger partial charge in [0.15, 0.2) is 0 Å². The highest BCUT2D eigenvalue weighted by Gasteiger charge is 2.36. The number of alkyl halides is 3. The standard InChI is InChI=1S/C13H14F3N3O2S.ClH/c1-9-8-18-4-5-19(9)22(20,21)11-2-3-12(13(14,15)16)10(6-11)7-17;/h2-3,6,9,18H,4-5,8H2,1H3;1H. The molecule has 1 fully saturated rings. The van der Waals surface area contributed by atoms with Crippen molar-refractivity contribution in [3.63, 3.8) is 0 Å². The minimum Gasteiger partial charge on any atom is -0.314 e. The molecule has 0 amide bonds. The van der Waals surface area contributed by atoms with Crippen molar-refractivity contribution in [1.29, 1.82) is 5.26 Å². The first-order chi connectivity index (χ1) is 10.2. The molecule has 1 heterocycles. The lowest BCUT2D eigenvalue weighted by Crippen LogP contribution is -2.52. The minimum absolute atomic E-state index is 0. The summed E-state index contributed by atoms with van der Waals surface area (Å²) in [6.07, 6.45) is -4.70. The van der Waals surface area contributed by atoms with Crippen molar-refractivity contribution in [1.82, 2.24) is 9.62 Å². The first kappa shape index (κ1) is 19.7. The third-order valence-electron chi connectivity index (χ3n) is 3.46. The van der Waals surface area contributed by atoms with Crippen LogP contribution in [0, 0.1) is 11.3 Å². The fourth-order valence-electron chi connectivity index (χ4n) is 2.34. The highest BCUT2D eigenvalue weighted by molar-refractivity contribution is 7.89. The molecule has 0 spiro atoms. The summed E-state index contributed by atoms with van der Waals surface area (Å²) in [5.41, 5.74) is -1.83. The summed E-state index contributed by atoms with van der Waals surface area (Å²) >= 11 is 0. The third kappa shape index (κ3) is 3.95. The number of rotatable bonds is 2. The van der Waals surface area contributed by atoms with Crippen molar-refractivity contribution < 1.29 is 21.6 Å². The molecule has 1 aliphatic heterocycles. The van der Waals surface area contributed by atoms with Gasteiger partial charge in [0.05, 0.1) is 22.1 Å². The second-order valence-corrected chi connectivity index (χ2v) is 6.88. The Balaban J connectivity index is 0.00000264. The summed E-state index contributed by atoms with van der Waals surface area (Å²) in [4.78, 5) is -0.300. The topological polar surface area (TPSA) is 73.2 Å². The third-order valence-corrected chi connectivity index (χ3v) is 5.47. The quantitative estimate of drug-likeness (QED) is 0.865. The number of piperazine rings is 1. The van der Waals surface area contributed by atoms with Crippen molar-refractivity contribution in [2.75, 3.05) is 19.6 Å². The van der Waals surface area contributed by atoms with Crippen LogP contribution in [0.1, 0.15) is 18.1 Å². The fraction of sp³-hybridized carbons (Fsp3) is 0.462. The normalized spacial score (nSPS) is 19.7. The van der Waals surface area contributed by atoms with E-state index in [1.165, 1.54) is 10.4 Å². The van der Waals surface area contributed by atoms with Crippen molar-refractivity contribution >= 4 is 22.4 Å². The van der Waals surface area contributed by atoms with E-state index in [4.69, 9.17) is 5.26 Å². The second kappa shape index (κ2) is 7.05. The Bertz CT molecular complexity index is 716. The Hall–Kier alpha value is -1.34. The Labute approximate surface area is 138 Å². The van der Waals surface area contributed by atoms with Crippen LogP contribution in [0.2, 0.25) is 0 Å². The van der Waals surface area contributed by atoms with Gasteiger partial charge in [-0.15, -0.1) is 12.4 Å². The van der Waals surface area contributed by atoms with Crippen LogP contribution in [0.3, 0.4) is 0 Å². The van der Waals surface area contributed by atoms with Crippen molar-refractivity contribution in [2.45, 2.75) is 24.0 Å². The maximum Gasteiger partial charge on any atom is 0.417 e. The van der Waals surface area contributed by atoms with Gasteiger partial charge in [0.2, 0.25) is 10.0 Å². The molecule has 1 saturated heterocycles. The van der Waals surface area contributed by atoms with Crippen LogP contribution in [-0.2, 0) is 16.2 Å². The molecule has 128 valence electrons. The summed E-state index contributed by atoms with van der Waals surface area (Å²) in [7, 11) is -3.93. The van der Waals surface area contributed by atoms with E-state index in [2.05, 4.69) is 5.32 Å². The van der Waals surface area contributed by atoms with Gasteiger partial charge < -0.3 is 5.32 Å². The first-order valence-corrected chi connectivity index (χ1v) is 7.96. The lowest BCUT2D eigenvalue weighted by atomic mass is 10.1. The Morgan fingerprint density at radius 2 is 2.04 bits per heavy atom. The van der Waals surface area contributed by atoms with Gasteiger partial charge in [-0.05, 0) is 25.1 Å². The van der Waals surface area contributed by atoms with Crippen molar-refractivity contribution in [3.8, 4) is 6.07 Å². The number of nitriles is 1. The number of sulfonamides is 1. The molecule has 10 heteroatoms. The molecule has 1 aromatic carbocycles. The smallest absolute Gasteiger partial charge is 0.314 e. The monoisotopic (exact) mass is 369 g/mol. The summed E-state index contributed by atoms with van der Waals surface area (Å²) < 4.78 is 64.6. The largest absolute Gasteiger partial charge is 0.417 e. The summed E-state index contributed by atoms with van der Waals surface area (Å²) in [5, 5.41) is 11.9. The number of nitrogens with one attached hydrogen (secondary N) is 1. The van der Waals surface area contributed by atoms with Gasteiger partial charge in [-0.1, -0.05) is 0 Å². The van der Waals surface area contributed by atoms with Crippen molar-refractivity contribution in [3.05, 3.63) is 29.3 Å². The summed E-state index contributed by atoms with van der Waals surface area (Å²) in [6, 6.07) is 3.42. The first-order valence-electron chi connectivity index (χ1n) is 6.52. The molecule has 0 aromatic heterocycles. The van der Waals surface area contributed by atoms with Crippen LogP contribution in [0.5, 0.6) is 0 Å². The zero-order valence-electron chi connectivity index (χ0n) is 12.1. The molecule has 5 nitrogen and oxygen atoms in total. The molecule has 1 atom stereocenters. The lowest BCUT2D eigenvalue weighted by Gasteiger charge is -2.32. The van der Waals surface area contributed by atoms with E-state index in [0.29, 0.717) is 19.2 Å². The molecule has 0 saturated carbocycles. The average molecular weight is 370 g/mol. The van der Waals surface area contributed by atoms with E-state index in [-0.39, 0.29) is 29.9 Å². The minimum atomic E-state index is -4.70.